The van der Waals surface area contributed by atoms with Crippen LogP contribution in [0.2, 0.25) is 0 Å². The fraction of sp³-hybridized carbons (Fsp3) is 0.604. The zero-order chi connectivity index (χ0) is 39.9. The summed E-state index contributed by atoms with van der Waals surface area (Å²) in [5, 5.41) is 3.75. The molecule has 0 spiro atoms. The highest BCUT2D eigenvalue weighted by atomic mass is 19.1. The molecule has 4 rings (SSSR count). The van der Waals surface area contributed by atoms with Gasteiger partial charge in [0.15, 0.2) is 11.5 Å². The Hall–Kier alpha value is -3.16. The normalized spacial score (nSPS) is 25.9. The van der Waals surface area contributed by atoms with Crippen LogP contribution in [0.5, 0.6) is 0 Å². The molecule has 0 aromatic rings. The van der Waals surface area contributed by atoms with E-state index >= 15 is 0 Å². The van der Waals surface area contributed by atoms with E-state index in [0.717, 1.165) is 34.5 Å². The molecule has 4 heteroatoms. The van der Waals surface area contributed by atoms with E-state index in [9.17, 15) is 4.39 Å². The summed E-state index contributed by atoms with van der Waals surface area (Å²) in [5.74, 6) is 2.84. The van der Waals surface area contributed by atoms with Crippen LogP contribution in [0.3, 0.4) is 0 Å². The summed E-state index contributed by atoms with van der Waals surface area (Å²) in [6, 6.07) is -0.0590. The number of hydrogen-bond acceptors (Lipinski definition) is 2. The van der Waals surface area contributed by atoms with Gasteiger partial charge in [0.1, 0.15) is 0 Å². The molecule has 2 fully saturated rings. The molecule has 2 bridgehead atoms. The second-order valence-corrected chi connectivity index (χ2v) is 16.8. The van der Waals surface area contributed by atoms with Crippen LogP contribution in [-0.4, -0.2) is 22.9 Å². The second-order valence-electron chi connectivity index (χ2n) is 16.8. The Labute approximate surface area is 321 Å². The third kappa shape index (κ3) is 11.7. The number of quaternary nitrogens is 1. The molecule has 2 aliphatic heterocycles. The zero-order valence-corrected chi connectivity index (χ0v) is 35.8. The number of nitrogens with one attached hydrogen (secondary N) is 1. The summed E-state index contributed by atoms with van der Waals surface area (Å²) in [4.78, 5) is 4.85. The Bertz CT molecular complexity index is 1420. The van der Waals surface area contributed by atoms with Gasteiger partial charge in [-0.3, -0.25) is 0 Å². The van der Waals surface area contributed by atoms with Crippen LogP contribution in [0, 0.1) is 35.5 Å². The summed E-state index contributed by atoms with van der Waals surface area (Å²) in [6.45, 7) is 36.5. The Morgan fingerprint density at radius 3 is 2.04 bits per heavy atom. The smallest absolute Gasteiger partial charge is 0.218 e. The minimum atomic E-state index is -0.208. The van der Waals surface area contributed by atoms with Crippen molar-refractivity contribution in [1.82, 2.24) is 5.32 Å². The molecule has 1 N–H and O–H groups in total. The molecule has 3 nitrogen and oxygen atoms in total. The molecule has 0 aromatic heterocycles. The highest BCUT2D eigenvalue weighted by Gasteiger charge is 2.47. The number of allylic oxidation sites excluding steroid dienone is 8. The monoisotopic (exact) mass is 715 g/mol. The highest BCUT2D eigenvalue weighted by molar-refractivity contribution is 5.62. The fourth-order valence-corrected chi connectivity index (χ4v) is 8.27. The molecule has 2 unspecified atom stereocenters. The van der Waals surface area contributed by atoms with Crippen molar-refractivity contribution in [3.05, 3.63) is 94.9 Å². The molecule has 2 aliphatic carbocycles. The molecule has 2 heterocycles. The summed E-state index contributed by atoms with van der Waals surface area (Å²) in [6.07, 6.45) is 35.2. The first-order chi connectivity index (χ1) is 24.5. The van der Waals surface area contributed by atoms with Crippen molar-refractivity contribution >= 4 is 6.34 Å². The predicted octanol–water partition coefficient (Wildman–Crippen LogP) is 14.2. The maximum absolute atomic E-state index is 14.9. The van der Waals surface area contributed by atoms with Gasteiger partial charge < -0.3 is 5.32 Å². The number of rotatable bonds is 11. The van der Waals surface area contributed by atoms with Gasteiger partial charge in [0.25, 0.3) is 0 Å². The molecule has 2 saturated carbocycles. The second kappa shape index (κ2) is 21.5. The number of halogens is 1. The Morgan fingerprint density at radius 1 is 1.08 bits per heavy atom. The minimum Gasteiger partial charge on any atom is -0.330 e. The first-order valence-corrected chi connectivity index (χ1v) is 20.1. The number of terminal acetylenes is 1. The van der Waals surface area contributed by atoms with Crippen molar-refractivity contribution in [2.24, 2.45) is 27.7 Å². The van der Waals surface area contributed by atoms with Crippen molar-refractivity contribution in [2.75, 3.05) is 0 Å². The van der Waals surface area contributed by atoms with Gasteiger partial charge in [0, 0.05) is 5.41 Å². The Balaban J connectivity index is 0.000000698. The van der Waals surface area contributed by atoms with E-state index in [0.29, 0.717) is 11.1 Å². The first kappa shape index (κ1) is 46.9. The number of nitrogens with zero attached hydrogens (tertiary/aromatic N) is 2. The van der Waals surface area contributed by atoms with Crippen LogP contribution in [-0.2, 0) is 0 Å². The minimum absolute atomic E-state index is 0.0448. The lowest BCUT2D eigenvalue weighted by atomic mass is 9.65. The van der Waals surface area contributed by atoms with E-state index in [1.54, 1.807) is 0 Å². The highest BCUT2D eigenvalue weighted by Crippen LogP contribution is 2.47. The Kier molecular flexibility index (Phi) is 19.4. The number of dihydropyridines is 1. The standard InChI is InChI=1S/C32H45FN3.C8H18.C6H12.C2H2/c1-10-15-30(26(9)33)36(23(5)6)21-34-28-20-29(35-31(36)25(28)8)27(11-2)17-16-24(7)32(22(3)4)18-13-12-14-19-32;1-5-7-8(3,4)6-2;1-5-3-6(2)4-5;1-2/h10-11,15-17,20-21,23,29,35H,2-3,12-14,18-19H2,1,4-9H3;5-7H2,1-4H3;5-6H,3-4H2,1-2H3;1-2H/q+1;;;/b15-10-,24-16+,27-17+,30-26-;;;. The maximum Gasteiger partial charge on any atom is 0.218 e. The van der Waals surface area contributed by atoms with Gasteiger partial charge in [-0.25, -0.2) is 9.38 Å². The van der Waals surface area contributed by atoms with E-state index in [2.05, 4.69) is 126 Å². The third-order valence-electron chi connectivity index (χ3n) is 11.9. The molecule has 2 atom stereocenters. The Morgan fingerprint density at radius 2 is 1.65 bits per heavy atom. The topological polar surface area (TPSA) is 24.4 Å². The molecular formula is C48H77FN3+. The van der Waals surface area contributed by atoms with Gasteiger partial charge in [-0.15, -0.1) is 12.8 Å². The van der Waals surface area contributed by atoms with Crippen molar-refractivity contribution in [3.8, 4) is 12.8 Å². The van der Waals surface area contributed by atoms with E-state index in [1.165, 1.54) is 82.3 Å². The summed E-state index contributed by atoms with van der Waals surface area (Å²) in [7, 11) is 0. The number of fused-ring (bicyclic) bond motifs is 1. The molecule has 0 saturated heterocycles. The number of hydrogen-bond donors (Lipinski definition) is 1. The quantitative estimate of drug-likeness (QED) is 0.0980. The van der Waals surface area contributed by atoms with Crippen LogP contribution >= 0.6 is 0 Å². The van der Waals surface area contributed by atoms with Gasteiger partial charge in [-0.1, -0.05) is 122 Å². The molecule has 0 radical (unpaired) electrons. The summed E-state index contributed by atoms with van der Waals surface area (Å²) < 4.78 is 15.2. The number of aliphatic imine (C=N–C) groups is 1. The largest absolute Gasteiger partial charge is 0.330 e. The van der Waals surface area contributed by atoms with Crippen molar-refractivity contribution in [2.45, 2.75) is 166 Å². The molecule has 52 heavy (non-hydrogen) atoms. The van der Waals surface area contributed by atoms with E-state index in [-0.39, 0.29) is 27.8 Å². The average Bonchev–Trinajstić information content (AvgIpc) is 3.09. The molecule has 290 valence electrons. The van der Waals surface area contributed by atoms with Gasteiger partial charge in [0.05, 0.1) is 23.4 Å². The maximum atomic E-state index is 14.9. The molecular weight excluding hydrogens is 638 g/mol. The zero-order valence-electron chi connectivity index (χ0n) is 35.8. The fourth-order valence-electron chi connectivity index (χ4n) is 8.27. The van der Waals surface area contributed by atoms with Crippen LogP contribution in [0.25, 0.3) is 0 Å². The lowest BCUT2D eigenvalue weighted by Gasteiger charge is -2.44. The van der Waals surface area contributed by atoms with E-state index in [4.69, 9.17) is 4.99 Å². The lowest BCUT2D eigenvalue weighted by molar-refractivity contribution is -0.782. The van der Waals surface area contributed by atoms with Crippen molar-refractivity contribution in [3.63, 3.8) is 0 Å². The van der Waals surface area contributed by atoms with Crippen LogP contribution in [0.1, 0.15) is 154 Å². The third-order valence-corrected chi connectivity index (χ3v) is 11.9. The SMILES string of the molecule is C#C.C=C/C(=C\C=C(/C)C1(C(=C)C)CCCCC1)C1C=C2N=C[N+](C(/C=C\C)=C(/C)F)(C(C)C)C(=C2C)N1.CC1CC(C)C1.CCCC(C)(C)CC. The first-order valence-electron chi connectivity index (χ1n) is 20.1. The van der Waals surface area contributed by atoms with Gasteiger partial charge >= 0.3 is 0 Å². The van der Waals surface area contributed by atoms with Crippen LogP contribution in [0.15, 0.2) is 99.9 Å². The van der Waals surface area contributed by atoms with E-state index < -0.39 is 0 Å². The average molecular weight is 715 g/mol. The summed E-state index contributed by atoms with van der Waals surface area (Å²) >= 11 is 0. The summed E-state index contributed by atoms with van der Waals surface area (Å²) in [5.41, 5.74) is 6.95. The van der Waals surface area contributed by atoms with Gasteiger partial charge in [-0.05, 0) is 116 Å². The van der Waals surface area contributed by atoms with Gasteiger partial charge in [0.2, 0.25) is 12.2 Å². The molecule has 0 aromatic carbocycles. The van der Waals surface area contributed by atoms with Gasteiger partial charge in [-0.2, -0.15) is 4.48 Å². The lowest BCUT2D eigenvalue weighted by Crippen LogP contribution is -2.58. The van der Waals surface area contributed by atoms with E-state index in [1.807, 2.05) is 31.5 Å². The predicted molar refractivity (Wildman–Crippen MR) is 229 cm³/mol. The van der Waals surface area contributed by atoms with Crippen LogP contribution < -0.4 is 5.32 Å². The van der Waals surface area contributed by atoms with Crippen molar-refractivity contribution in [1.29, 1.82) is 0 Å². The molecule has 4 aliphatic rings. The van der Waals surface area contributed by atoms with Crippen LogP contribution in [0.4, 0.5) is 4.39 Å². The molecule has 0 amide bonds. The van der Waals surface area contributed by atoms with Crippen molar-refractivity contribution < 1.29 is 8.87 Å².